The van der Waals surface area contributed by atoms with E-state index in [1.807, 2.05) is 0 Å². The molecule has 5 nitrogen and oxygen atoms in total. The Labute approximate surface area is 87.4 Å². The highest BCUT2D eigenvalue weighted by Crippen LogP contribution is 2.15. The van der Waals surface area contributed by atoms with Crippen LogP contribution in [-0.4, -0.2) is 57.9 Å². The molecule has 0 bridgehead atoms. The van der Waals surface area contributed by atoms with Crippen molar-refractivity contribution in [2.75, 3.05) is 33.3 Å². The van der Waals surface area contributed by atoms with E-state index in [-0.39, 0.29) is 25.8 Å². The van der Waals surface area contributed by atoms with E-state index in [4.69, 9.17) is 4.74 Å². The molecule has 8 heteroatoms. The van der Waals surface area contributed by atoms with Crippen LogP contribution in [0.2, 0.25) is 0 Å². The SMILES string of the molecule is CNCC1CN(S(=O)(=O)C(F)F)CCO1. The van der Waals surface area contributed by atoms with Gasteiger partial charge in [-0.2, -0.15) is 13.1 Å². The molecule has 0 aromatic carbocycles. The summed E-state index contributed by atoms with van der Waals surface area (Å²) in [6.45, 7) is 0.563. The van der Waals surface area contributed by atoms with E-state index >= 15 is 0 Å². The molecule has 1 fully saturated rings. The summed E-state index contributed by atoms with van der Waals surface area (Å²) in [5, 5.41) is 2.80. The maximum absolute atomic E-state index is 12.2. The molecule has 1 saturated heterocycles. The molecule has 1 unspecified atom stereocenters. The molecule has 1 atom stereocenters. The van der Waals surface area contributed by atoms with Crippen molar-refractivity contribution in [1.82, 2.24) is 9.62 Å². The minimum Gasteiger partial charge on any atom is -0.374 e. The van der Waals surface area contributed by atoms with Crippen molar-refractivity contribution < 1.29 is 21.9 Å². The van der Waals surface area contributed by atoms with E-state index in [0.717, 1.165) is 4.31 Å². The van der Waals surface area contributed by atoms with E-state index < -0.39 is 15.8 Å². The lowest BCUT2D eigenvalue weighted by atomic mass is 10.3. The Kier molecular flexibility index (Phi) is 4.38. The third-order valence-electron chi connectivity index (χ3n) is 2.12. The summed E-state index contributed by atoms with van der Waals surface area (Å²) in [6, 6.07) is 0. The second-order valence-corrected chi connectivity index (χ2v) is 5.12. The number of halogens is 2. The van der Waals surface area contributed by atoms with E-state index in [2.05, 4.69) is 5.32 Å². The molecular formula is C7H14F2N2O3S. The molecule has 0 amide bonds. The number of ether oxygens (including phenoxy) is 1. The highest BCUT2D eigenvalue weighted by atomic mass is 32.2. The zero-order valence-corrected chi connectivity index (χ0v) is 9.14. The first-order chi connectivity index (χ1) is 6.98. The van der Waals surface area contributed by atoms with Gasteiger partial charge >= 0.3 is 5.76 Å². The van der Waals surface area contributed by atoms with Crippen LogP contribution in [-0.2, 0) is 14.8 Å². The molecular weight excluding hydrogens is 230 g/mol. The predicted octanol–water partition coefficient (Wildman–Crippen LogP) is -0.541. The molecule has 90 valence electrons. The van der Waals surface area contributed by atoms with Crippen LogP contribution in [0.1, 0.15) is 0 Å². The van der Waals surface area contributed by atoms with Gasteiger partial charge in [-0.05, 0) is 7.05 Å². The Hall–Kier alpha value is -0.310. The Morgan fingerprint density at radius 1 is 1.60 bits per heavy atom. The van der Waals surface area contributed by atoms with E-state index in [9.17, 15) is 17.2 Å². The maximum Gasteiger partial charge on any atom is 0.350 e. The van der Waals surface area contributed by atoms with Gasteiger partial charge in [0.05, 0.1) is 12.7 Å². The standard InChI is InChI=1S/C7H14F2N2O3S/c1-10-4-6-5-11(2-3-14-6)15(12,13)7(8)9/h6-7,10H,2-5H2,1H3. The summed E-state index contributed by atoms with van der Waals surface area (Å²) >= 11 is 0. The van der Waals surface area contributed by atoms with Crippen LogP contribution < -0.4 is 5.32 Å². The number of likely N-dealkylation sites (N-methyl/N-ethyl adjacent to an activating group) is 1. The van der Waals surface area contributed by atoms with Crippen LogP contribution in [0.15, 0.2) is 0 Å². The molecule has 1 rings (SSSR count). The second kappa shape index (κ2) is 5.15. The normalized spacial score (nSPS) is 24.7. The monoisotopic (exact) mass is 244 g/mol. The molecule has 0 aromatic rings. The van der Waals surface area contributed by atoms with Crippen LogP contribution in [0.25, 0.3) is 0 Å². The van der Waals surface area contributed by atoms with Gasteiger partial charge in [0, 0.05) is 19.6 Å². The Morgan fingerprint density at radius 2 is 2.27 bits per heavy atom. The Balaban J connectivity index is 2.64. The quantitative estimate of drug-likeness (QED) is 0.721. The first-order valence-corrected chi connectivity index (χ1v) is 6.02. The fraction of sp³-hybridized carbons (Fsp3) is 1.00. The number of alkyl halides is 2. The number of rotatable bonds is 4. The van der Waals surface area contributed by atoms with Gasteiger partial charge in [0.25, 0.3) is 10.0 Å². The molecule has 0 saturated carbocycles. The number of morpholine rings is 1. The molecule has 1 N–H and O–H groups in total. The van der Waals surface area contributed by atoms with Gasteiger partial charge in [0.2, 0.25) is 0 Å². The zero-order chi connectivity index (χ0) is 11.5. The number of hydrogen-bond donors (Lipinski definition) is 1. The van der Waals surface area contributed by atoms with Crippen molar-refractivity contribution in [2.45, 2.75) is 11.9 Å². The van der Waals surface area contributed by atoms with Crippen molar-refractivity contribution in [2.24, 2.45) is 0 Å². The topological polar surface area (TPSA) is 58.6 Å². The Bertz CT molecular complexity index is 295. The molecule has 1 heterocycles. The summed E-state index contributed by atoms with van der Waals surface area (Å²) < 4.78 is 52.7. The molecule has 0 aromatic heterocycles. The average molecular weight is 244 g/mol. The summed E-state index contributed by atoms with van der Waals surface area (Å²) in [6.07, 6.45) is -0.364. The molecule has 0 spiro atoms. The minimum absolute atomic E-state index is 0.00706. The van der Waals surface area contributed by atoms with Gasteiger partial charge in [-0.3, -0.25) is 0 Å². The van der Waals surface area contributed by atoms with Crippen molar-refractivity contribution in [3.63, 3.8) is 0 Å². The highest BCUT2D eigenvalue weighted by Gasteiger charge is 2.35. The molecule has 0 aliphatic carbocycles. The van der Waals surface area contributed by atoms with Gasteiger partial charge in [-0.15, -0.1) is 0 Å². The number of nitrogens with zero attached hydrogens (tertiary/aromatic N) is 1. The smallest absolute Gasteiger partial charge is 0.350 e. The van der Waals surface area contributed by atoms with Crippen molar-refractivity contribution in [3.8, 4) is 0 Å². The van der Waals surface area contributed by atoms with Crippen LogP contribution >= 0.6 is 0 Å². The molecule has 1 aliphatic heterocycles. The summed E-state index contributed by atoms with van der Waals surface area (Å²) in [7, 11) is -2.77. The first kappa shape index (κ1) is 12.8. The van der Waals surface area contributed by atoms with E-state index in [1.165, 1.54) is 0 Å². The first-order valence-electron chi connectivity index (χ1n) is 4.51. The van der Waals surface area contributed by atoms with Gasteiger partial charge in [-0.25, -0.2) is 8.42 Å². The predicted molar refractivity (Wildman–Crippen MR) is 50.2 cm³/mol. The fourth-order valence-corrected chi connectivity index (χ4v) is 2.32. The van der Waals surface area contributed by atoms with Gasteiger partial charge < -0.3 is 10.1 Å². The van der Waals surface area contributed by atoms with Gasteiger partial charge in [0.1, 0.15) is 0 Å². The maximum atomic E-state index is 12.2. The molecule has 1 aliphatic rings. The third kappa shape index (κ3) is 3.07. The minimum atomic E-state index is -4.46. The lowest BCUT2D eigenvalue weighted by Crippen LogP contribution is -2.49. The van der Waals surface area contributed by atoms with Crippen molar-refractivity contribution in [3.05, 3.63) is 0 Å². The van der Waals surface area contributed by atoms with Crippen molar-refractivity contribution in [1.29, 1.82) is 0 Å². The Morgan fingerprint density at radius 3 is 2.80 bits per heavy atom. The lowest BCUT2D eigenvalue weighted by molar-refractivity contribution is -0.00103. The number of sulfonamides is 1. The number of hydrogen-bond acceptors (Lipinski definition) is 4. The summed E-state index contributed by atoms with van der Waals surface area (Å²) in [5.41, 5.74) is 0. The fourth-order valence-electron chi connectivity index (χ4n) is 1.39. The second-order valence-electron chi connectivity index (χ2n) is 3.21. The number of nitrogens with one attached hydrogen (secondary N) is 1. The van der Waals surface area contributed by atoms with Gasteiger partial charge in [0.15, 0.2) is 0 Å². The van der Waals surface area contributed by atoms with Crippen LogP contribution in [0.4, 0.5) is 8.78 Å². The van der Waals surface area contributed by atoms with Crippen molar-refractivity contribution >= 4 is 10.0 Å². The van der Waals surface area contributed by atoms with Gasteiger partial charge in [-0.1, -0.05) is 0 Å². The average Bonchev–Trinajstić information content (AvgIpc) is 2.18. The van der Waals surface area contributed by atoms with E-state index in [1.54, 1.807) is 7.05 Å². The summed E-state index contributed by atoms with van der Waals surface area (Å²) in [4.78, 5) is 0. The van der Waals surface area contributed by atoms with Crippen LogP contribution in [0, 0.1) is 0 Å². The van der Waals surface area contributed by atoms with Crippen LogP contribution in [0.5, 0.6) is 0 Å². The highest BCUT2D eigenvalue weighted by molar-refractivity contribution is 7.89. The molecule has 15 heavy (non-hydrogen) atoms. The van der Waals surface area contributed by atoms with Crippen LogP contribution in [0.3, 0.4) is 0 Å². The lowest BCUT2D eigenvalue weighted by Gasteiger charge is -2.31. The summed E-state index contributed by atoms with van der Waals surface area (Å²) in [5.74, 6) is -3.36. The van der Waals surface area contributed by atoms with E-state index in [0.29, 0.717) is 6.54 Å². The molecule has 0 radical (unpaired) electrons. The largest absolute Gasteiger partial charge is 0.374 e. The third-order valence-corrected chi connectivity index (χ3v) is 3.62. The zero-order valence-electron chi connectivity index (χ0n) is 8.32.